The van der Waals surface area contributed by atoms with Crippen molar-refractivity contribution < 1.29 is 0 Å². The van der Waals surface area contributed by atoms with Gasteiger partial charge in [0.05, 0.1) is 6.54 Å². The third-order valence-corrected chi connectivity index (χ3v) is 6.99. The van der Waals surface area contributed by atoms with Gasteiger partial charge in [-0.3, -0.25) is 4.99 Å². The number of hydrogen-bond donors (Lipinski definition) is 2. The third kappa shape index (κ3) is 7.30. The zero-order valence-electron chi connectivity index (χ0n) is 17.6. The van der Waals surface area contributed by atoms with Crippen LogP contribution in [0.5, 0.6) is 0 Å². The molecule has 2 N–H and O–H groups in total. The Morgan fingerprint density at radius 2 is 1.93 bits per heavy atom. The number of nitrogens with one attached hydrogen (secondary N) is 2. The van der Waals surface area contributed by atoms with Gasteiger partial charge in [-0.25, -0.2) is 0 Å². The van der Waals surface area contributed by atoms with Gasteiger partial charge in [0, 0.05) is 35.8 Å². The Morgan fingerprint density at radius 3 is 2.68 bits per heavy atom. The van der Waals surface area contributed by atoms with Crippen molar-refractivity contribution in [2.75, 3.05) is 59.4 Å². The fourth-order valence-electron chi connectivity index (χ4n) is 3.57. The molecular weight excluding hydrogens is 366 g/mol. The molecule has 0 radical (unpaired) electrons. The lowest BCUT2D eigenvalue weighted by Crippen LogP contribution is -2.39. The van der Waals surface area contributed by atoms with Crippen LogP contribution in [0, 0.1) is 0 Å². The Labute approximate surface area is 175 Å². The number of hydrogen-bond acceptors (Lipinski definition) is 4. The molecule has 6 heteroatoms. The van der Waals surface area contributed by atoms with Crippen LogP contribution in [0.25, 0.3) is 0 Å². The van der Waals surface area contributed by atoms with E-state index < -0.39 is 0 Å². The topological polar surface area (TPSA) is 42.9 Å². The van der Waals surface area contributed by atoms with Crippen LogP contribution in [0.15, 0.2) is 40.2 Å². The molecule has 1 aliphatic heterocycles. The van der Waals surface area contributed by atoms with Crippen LogP contribution >= 0.6 is 11.8 Å². The van der Waals surface area contributed by atoms with Crippen molar-refractivity contribution in [3.8, 4) is 0 Å². The van der Waals surface area contributed by atoms with E-state index in [1.165, 1.54) is 56.9 Å². The Kier molecular flexibility index (Phi) is 8.49. The lowest BCUT2D eigenvalue weighted by atomic mass is 10.3. The number of nitrogens with zero attached hydrogens (tertiary/aromatic N) is 3. The first kappa shape index (κ1) is 21.5. The highest BCUT2D eigenvalue weighted by molar-refractivity contribution is 8.01. The summed E-state index contributed by atoms with van der Waals surface area (Å²) < 4.78 is 0.307. The lowest BCUT2D eigenvalue weighted by molar-refractivity contribution is 0.274. The van der Waals surface area contributed by atoms with Crippen molar-refractivity contribution in [1.29, 1.82) is 0 Å². The Hall–Kier alpha value is -1.24. The summed E-state index contributed by atoms with van der Waals surface area (Å²) in [6, 6.07) is 10.7. The van der Waals surface area contributed by atoms with E-state index in [1.807, 2.05) is 11.8 Å². The van der Waals surface area contributed by atoms with Crippen LogP contribution in [-0.2, 0) is 0 Å². The van der Waals surface area contributed by atoms with Gasteiger partial charge in [0.1, 0.15) is 0 Å². The predicted octanol–water partition coefficient (Wildman–Crippen LogP) is 2.89. The Morgan fingerprint density at radius 1 is 1.11 bits per heavy atom. The van der Waals surface area contributed by atoms with Gasteiger partial charge < -0.3 is 20.4 Å². The van der Waals surface area contributed by atoms with Crippen LogP contribution in [0.3, 0.4) is 0 Å². The quantitative estimate of drug-likeness (QED) is 0.377. The van der Waals surface area contributed by atoms with E-state index in [2.05, 4.69) is 64.7 Å². The normalized spacial score (nSPS) is 20.6. The van der Waals surface area contributed by atoms with Crippen molar-refractivity contribution in [3.05, 3.63) is 30.3 Å². The average Bonchev–Trinajstić information content (AvgIpc) is 3.49. The highest BCUT2D eigenvalue weighted by atomic mass is 32.2. The summed E-state index contributed by atoms with van der Waals surface area (Å²) in [5.74, 6) is 0.970. The van der Waals surface area contributed by atoms with Crippen molar-refractivity contribution in [2.24, 2.45) is 4.99 Å². The second-order valence-electron chi connectivity index (χ2n) is 8.07. The second-order valence-corrected chi connectivity index (χ2v) is 9.61. The second kappa shape index (κ2) is 11.1. The van der Waals surface area contributed by atoms with Gasteiger partial charge in [-0.1, -0.05) is 18.2 Å². The smallest absolute Gasteiger partial charge is 0.191 e. The molecule has 0 bridgehead atoms. The van der Waals surface area contributed by atoms with E-state index in [4.69, 9.17) is 4.99 Å². The van der Waals surface area contributed by atoms with Gasteiger partial charge in [-0.15, -0.1) is 11.8 Å². The van der Waals surface area contributed by atoms with Crippen LogP contribution in [-0.4, -0.2) is 79.9 Å². The summed E-state index contributed by atoms with van der Waals surface area (Å²) in [5.41, 5.74) is 0. The lowest BCUT2D eigenvalue weighted by Gasteiger charge is -2.20. The molecule has 2 aliphatic rings. The molecule has 2 fully saturated rings. The van der Waals surface area contributed by atoms with E-state index in [-0.39, 0.29) is 0 Å². The van der Waals surface area contributed by atoms with Crippen molar-refractivity contribution >= 4 is 17.7 Å². The third-order valence-electron chi connectivity index (χ3n) is 5.51. The molecule has 28 heavy (non-hydrogen) atoms. The summed E-state index contributed by atoms with van der Waals surface area (Å²) in [7, 11) is 2.23. The maximum absolute atomic E-state index is 4.91. The van der Waals surface area contributed by atoms with Crippen molar-refractivity contribution in [1.82, 2.24) is 20.4 Å². The number of rotatable bonds is 9. The van der Waals surface area contributed by atoms with Gasteiger partial charge in [0.2, 0.25) is 0 Å². The van der Waals surface area contributed by atoms with Gasteiger partial charge in [-0.05, 0) is 71.4 Å². The monoisotopic (exact) mass is 403 g/mol. The minimum absolute atomic E-state index is 0.307. The largest absolute Gasteiger partial charge is 0.357 e. The predicted molar refractivity (Wildman–Crippen MR) is 121 cm³/mol. The van der Waals surface area contributed by atoms with Crippen LogP contribution in [0.1, 0.15) is 32.6 Å². The zero-order chi connectivity index (χ0) is 19.7. The molecule has 0 spiro atoms. The first-order valence-corrected chi connectivity index (χ1v) is 11.7. The van der Waals surface area contributed by atoms with Gasteiger partial charge in [0.25, 0.3) is 0 Å². The van der Waals surface area contributed by atoms with Gasteiger partial charge >= 0.3 is 0 Å². The first-order chi connectivity index (χ1) is 13.7. The number of thioether (sulfide) groups is 1. The average molecular weight is 404 g/mol. The molecule has 0 atom stereocenters. The molecule has 1 aliphatic carbocycles. The van der Waals surface area contributed by atoms with E-state index >= 15 is 0 Å². The molecule has 1 aromatic carbocycles. The summed E-state index contributed by atoms with van der Waals surface area (Å²) >= 11 is 1.99. The van der Waals surface area contributed by atoms with Crippen LogP contribution < -0.4 is 10.6 Å². The van der Waals surface area contributed by atoms with E-state index in [0.29, 0.717) is 4.75 Å². The number of likely N-dealkylation sites (N-methyl/N-ethyl adjacent to an activating group) is 1. The highest BCUT2D eigenvalue weighted by Crippen LogP contribution is 2.51. The molecule has 1 saturated heterocycles. The van der Waals surface area contributed by atoms with Crippen molar-refractivity contribution in [3.63, 3.8) is 0 Å². The summed E-state index contributed by atoms with van der Waals surface area (Å²) in [5, 5.41) is 6.95. The Balaban J connectivity index is 1.40. The molecule has 5 nitrogen and oxygen atoms in total. The molecule has 1 saturated carbocycles. The zero-order valence-corrected chi connectivity index (χ0v) is 18.4. The minimum atomic E-state index is 0.307. The number of guanidine groups is 1. The number of benzene rings is 1. The molecule has 1 aromatic rings. The highest BCUT2D eigenvalue weighted by Gasteiger charge is 2.43. The van der Waals surface area contributed by atoms with E-state index in [1.54, 1.807) is 0 Å². The molecule has 156 valence electrons. The fourth-order valence-corrected chi connectivity index (χ4v) is 4.80. The molecule has 1 heterocycles. The fraction of sp³-hybridized carbons (Fsp3) is 0.682. The maximum atomic E-state index is 4.91. The van der Waals surface area contributed by atoms with Crippen LogP contribution in [0.4, 0.5) is 0 Å². The van der Waals surface area contributed by atoms with Crippen molar-refractivity contribution in [2.45, 2.75) is 42.2 Å². The minimum Gasteiger partial charge on any atom is -0.357 e. The summed E-state index contributed by atoms with van der Waals surface area (Å²) in [6.45, 7) is 10.9. The molecular formula is C22H37N5S. The summed E-state index contributed by atoms with van der Waals surface area (Å²) in [4.78, 5) is 11.3. The Bertz CT molecular complexity index is 602. The van der Waals surface area contributed by atoms with Gasteiger partial charge in [0.15, 0.2) is 5.96 Å². The van der Waals surface area contributed by atoms with Crippen LogP contribution in [0.2, 0.25) is 0 Å². The number of aliphatic imine (C=N–C) groups is 1. The molecule has 0 amide bonds. The standard InChI is InChI=1S/C22H37N5S/c1-3-23-21(24-13-7-15-27-16-8-14-26(2)17-18-27)25-19-22(11-12-22)28-20-9-5-4-6-10-20/h4-6,9-10H,3,7-8,11-19H2,1-2H3,(H2,23,24,25). The molecule has 0 unspecified atom stereocenters. The van der Waals surface area contributed by atoms with E-state index in [0.717, 1.165) is 32.0 Å². The first-order valence-electron chi connectivity index (χ1n) is 10.9. The SMILES string of the molecule is CCNC(=NCC1(Sc2ccccc2)CC1)NCCCN1CCCN(C)CC1. The molecule has 0 aromatic heterocycles. The summed E-state index contributed by atoms with van der Waals surface area (Å²) in [6.07, 6.45) is 4.98. The van der Waals surface area contributed by atoms with Gasteiger partial charge in [-0.2, -0.15) is 0 Å². The maximum Gasteiger partial charge on any atom is 0.191 e. The molecule has 3 rings (SSSR count). The van der Waals surface area contributed by atoms with E-state index in [9.17, 15) is 0 Å².